The number of rotatable bonds is 3. The summed E-state index contributed by atoms with van der Waals surface area (Å²) < 4.78 is 7.62. The highest BCUT2D eigenvalue weighted by molar-refractivity contribution is 8.00. The van der Waals surface area contributed by atoms with Crippen molar-refractivity contribution in [1.82, 2.24) is 19.5 Å². The average Bonchev–Trinajstić information content (AvgIpc) is 3.03. The van der Waals surface area contributed by atoms with E-state index in [1.807, 2.05) is 4.57 Å². The molecule has 0 unspecified atom stereocenters. The van der Waals surface area contributed by atoms with Gasteiger partial charge < -0.3 is 15.2 Å². The maximum absolute atomic E-state index is 9.09. The highest BCUT2D eigenvalue weighted by Gasteiger charge is 2.28. The van der Waals surface area contributed by atoms with Crippen LogP contribution in [0.3, 0.4) is 0 Å². The number of aromatic nitrogens is 4. The summed E-state index contributed by atoms with van der Waals surface area (Å²) in [6.07, 6.45) is 3.03. The van der Waals surface area contributed by atoms with Crippen molar-refractivity contribution in [2.24, 2.45) is 0 Å². The van der Waals surface area contributed by atoms with E-state index >= 15 is 0 Å². The summed E-state index contributed by atoms with van der Waals surface area (Å²) in [5.74, 6) is 1.49. The Morgan fingerprint density at radius 3 is 3.17 bits per heavy atom. The van der Waals surface area contributed by atoms with E-state index in [0.717, 1.165) is 17.1 Å². The molecule has 2 aromatic rings. The third-order valence-corrected chi connectivity index (χ3v) is 3.90. The summed E-state index contributed by atoms with van der Waals surface area (Å²) in [6, 6.07) is 0. The van der Waals surface area contributed by atoms with Crippen molar-refractivity contribution in [3.05, 3.63) is 12.7 Å². The van der Waals surface area contributed by atoms with E-state index in [-0.39, 0.29) is 18.3 Å². The normalized spacial score (nSPS) is 23.7. The van der Waals surface area contributed by atoms with Gasteiger partial charge in [0.2, 0.25) is 0 Å². The van der Waals surface area contributed by atoms with Crippen molar-refractivity contribution in [3.63, 3.8) is 0 Å². The minimum absolute atomic E-state index is 0.0170. The Bertz CT molecular complexity index is 560. The average molecular weight is 267 g/mol. The molecule has 0 amide bonds. The lowest BCUT2D eigenvalue weighted by molar-refractivity contribution is -0.00162. The van der Waals surface area contributed by atoms with E-state index < -0.39 is 0 Å². The molecule has 1 fully saturated rings. The third-order valence-electron chi connectivity index (χ3n) is 2.80. The van der Waals surface area contributed by atoms with Gasteiger partial charge >= 0.3 is 0 Å². The molecule has 2 aromatic heterocycles. The van der Waals surface area contributed by atoms with Gasteiger partial charge in [-0.1, -0.05) is 0 Å². The van der Waals surface area contributed by atoms with E-state index in [1.54, 1.807) is 25.1 Å². The highest BCUT2D eigenvalue weighted by atomic mass is 32.2. The lowest BCUT2D eigenvalue weighted by Gasteiger charge is -2.14. The fourth-order valence-electron chi connectivity index (χ4n) is 1.96. The molecule has 0 bridgehead atoms. The number of aliphatic hydroxyl groups excluding tert-OH is 1. The van der Waals surface area contributed by atoms with Crippen molar-refractivity contribution < 1.29 is 9.84 Å². The molecule has 0 spiro atoms. The zero-order valence-electron chi connectivity index (χ0n) is 9.78. The molecule has 1 aliphatic rings. The molecule has 0 aliphatic carbocycles. The van der Waals surface area contributed by atoms with Crippen LogP contribution in [0.2, 0.25) is 0 Å². The van der Waals surface area contributed by atoms with Crippen LogP contribution in [0.25, 0.3) is 11.2 Å². The van der Waals surface area contributed by atoms with Crippen LogP contribution in [-0.2, 0) is 4.74 Å². The van der Waals surface area contributed by atoms with Crippen molar-refractivity contribution in [2.75, 3.05) is 24.7 Å². The smallest absolute Gasteiger partial charge is 0.183 e. The van der Waals surface area contributed by atoms with Crippen molar-refractivity contribution in [2.45, 2.75) is 11.7 Å². The molecule has 1 aliphatic heterocycles. The van der Waals surface area contributed by atoms with Crippen LogP contribution < -0.4 is 5.32 Å². The fourth-order valence-corrected chi connectivity index (χ4v) is 2.89. The maximum Gasteiger partial charge on any atom is 0.183 e. The van der Waals surface area contributed by atoms with E-state index in [9.17, 15) is 0 Å². The van der Waals surface area contributed by atoms with Crippen molar-refractivity contribution in [3.8, 4) is 0 Å². The maximum atomic E-state index is 9.09. The number of aliphatic hydroxyl groups is 1. The quantitative estimate of drug-likeness (QED) is 0.835. The second-order valence-corrected chi connectivity index (χ2v) is 5.02. The minimum Gasteiger partial charge on any atom is -0.393 e. The molecule has 96 valence electrons. The van der Waals surface area contributed by atoms with Gasteiger partial charge in [-0.25, -0.2) is 15.0 Å². The monoisotopic (exact) mass is 267 g/mol. The lowest BCUT2D eigenvalue weighted by atomic mass is 10.4. The number of nitrogens with zero attached hydrogens (tertiary/aromatic N) is 4. The van der Waals surface area contributed by atoms with Gasteiger partial charge in [-0.2, -0.15) is 0 Å². The van der Waals surface area contributed by atoms with Crippen molar-refractivity contribution >= 4 is 28.7 Å². The Labute approximate surface area is 108 Å². The molecule has 3 rings (SSSR count). The minimum atomic E-state index is -0.171. The second kappa shape index (κ2) is 4.71. The molecular formula is C10H13N5O2S. The first-order valence-electron chi connectivity index (χ1n) is 5.56. The Morgan fingerprint density at radius 1 is 1.56 bits per heavy atom. The summed E-state index contributed by atoms with van der Waals surface area (Å²) in [4.78, 5) is 12.5. The first-order valence-corrected chi connectivity index (χ1v) is 6.61. The number of ether oxygens (including phenoxy) is 1. The van der Waals surface area contributed by atoms with E-state index in [1.165, 1.54) is 6.33 Å². The van der Waals surface area contributed by atoms with Gasteiger partial charge in [-0.05, 0) is 0 Å². The molecule has 2 N–H and O–H groups in total. The molecule has 0 radical (unpaired) electrons. The summed E-state index contributed by atoms with van der Waals surface area (Å²) in [7, 11) is 1.81. The Kier molecular flexibility index (Phi) is 3.06. The Morgan fingerprint density at radius 2 is 2.44 bits per heavy atom. The first-order chi connectivity index (χ1) is 8.83. The summed E-state index contributed by atoms with van der Waals surface area (Å²) in [5.41, 5.74) is 1.29. The van der Waals surface area contributed by atoms with Gasteiger partial charge in [0.05, 0.1) is 12.9 Å². The topological polar surface area (TPSA) is 85.1 Å². The first kappa shape index (κ1) is 11.7. The van der Waals surface area contributed by atoms with E-state index in [4.69, 9.17) is 9.84 Å². The molecule has 1 saturated heterocycles. The molecular weight excluding hydrogens is 254 g/mol. The van der Waals surface area contributed by atoms with Gasteiger partial charge in [0.15, 0.2) is 11.5 Å². The standard InChI is InChI=1S/C10H13N5O2S/c1-11-9-8-10(13-4-12-9)14-5-15(8)6-3-18-7(2-16)17-6/h4-7,16H,2-3H2,1H3,(H,11,12,13)/t6-,7+/m0/s1. The largest absolute Gasteiger partial charge is 0.393 e. The van der Waals surface area contributed by atoms with Gasteiger partial charge in [0.25, 0.3) is 0 Å². The van der Waals surface area contributed by atoms with E-state index in [2.05, 4.69) is 20.3 Å². The van der Waals surface area contributed by atoms with Crippen molar-refractivity contribution in [1.29, 1.82) is 0 Å². The predicted octanol–water partition coefficient (Wildman–Crippen LogP) is 0.448. The molecule has 0 saturated carbocycles. The molecule has 8 heteroatoms. The van der Waals surface area contributed by atoms with Crippen LogP contribution in [0, 0.1) is 0 Å². The van der Waals surface area contributed by atoms with Gasteiger partial charge in [0.1, 0.15) is 23.5 Å². The number of thioether (sulfide) groups is 1. The zero-order chi connectivity index (χ0) is 12.5. The molecule has 3 heterocycles. The molecule has 2 atom stereocenters. The number of fused-ring (bicyclic) bond motifs is 1. The van der Waals surface area contributed by atoms with Crippen LogP contribution in [0.5, 0.6) is 0 Å². The third kappa shape index (κ3) is 1.82. The lowest BCUT2D eigenvalue weighted by Crippen LogP contribution is -2.14. The van der Waals surface area contributed by atoms with Crippen LogP contribution in [0.1, 0.15) is 6.23 Å². The van der Waals surface area contributed by atoms with Crippen LogP contribution in [0.4, 0.5) is 5.82 Å². The van der Waals surface area contributed by atoms with Gasteiger partial charge in [-0.15, -0.1) is 11.8 Å². The van der Waals surface area contributed by atoms with Gasteiger partial charge in [0, 0.05) is 12.8 Å². The fraction of sp³-hybridized carbons (Fsp3) is 0.500. The number of anilines is 1. The summed E-state index contributed by atoms with van der Waals surface area (Å²) in [6.45, 7) is 0.0170. The summed E-state index contributed by atoms with van der Waals surface area (Å²) in [5, 5.41) is 12.1. The Balaban J connectivity index is 2.02. The highest BCUT2D eigenvalue weighted by Crippen LogP contribution is 2.34. The van der Waals surface area contributed by atoms with Crippen LogP contribution in [-0.4, -0.2) is 49.5 Å². The number of hydrogen-bond donors (Lipinski definition) is 2. The van der Waals surface area contributed by atoms with Crippen LogP contribution in [0.15, 0.2) is 12.7 Å². The second-order valence-electron chi connectivity index (χ2n) is 3.83. The number of imidazole rings is 1. The van der Waals surface area contributed by atoms with Crippen LogP contribution >= 0.6 is 11.8 Å². The van der Waals surface area contributed by atoms with E-state index in [0.29, 0.717) is 5.65 Å². The number of hydrogen-bond acceptors (Lipinski definition) is 7. The molecule has 7 nitrogen and oxygen atoms in total. The summed E-state index contributed by atoms with van der Waals surface area (Å²) >= 11 is 1.59. The number of nitrogens with one attached hydrogen (secondary N) is 1. The zero-order valence-corrected chi connectivity index (χ0v) is 10.6. The molecule has 0 aromatic carbocycles. The Hall–Kier alpha value is -1.38. The van der Waals surface area contributed by atoms with Gasteiger partial charge in [-0.3, -0.25) is 4.57 Å². The predicted molar refractivity (Wildman–Crippen MR) is 68.3 cm³/mol. The SMILES string of the molecule is CNc1ncnc2ncn([C@@H]3CS[C@H](CO)O3)c12. The molecule has 18 heavy (non-hydrogen) atoms.